The first-order valence-corrected chi connectivity index (χ1v) is 2.63. The Labute approximate surface area is 48.3 Å². The molecule has 1 aliphatic heterocycles. The molecule has 3 heteroatoms. The molecule has 46 valence electrons. The Bertz CT molecular complexity index is 109. The van der Waals surface area contributed by atoms with Crippen molar-refractivity contribution in [2.45, 2.75) is 13.8 Å². The topological polar surface area (TPSA) is 30.8 Å². The third kappa shape index (κ3) is 0.911. The highest BCUT2D eigenvalue weighted by Crippen LogP contribution is 2.04. The van der Waals surface area contributed by atoms with Crippen molar-refractivity contribution in [3.05, 3.63) is 0 Å². The van der Waals surface area contributed by atoms with Gasteiger partial charge in [-0.1, -0.05) is 13.8 Å². The molecule has 0 aliphatic carbocycles. The van der Waals surface area contributed by atoms with Crippen LogP contribution in [0.3, 0.4) is 0 Å². The Morgan fingerprint density at radius 2 is 2.38 bits per heavy atom. The molecule has 0 unspecified atom stereocenters. The molecule has 0 N–H and O–H groups in total. The molecule has 3 nitrogen and oxygen atoms in total. The molecule has 0 spiro atoms. The van der Waals surface area contributed by atoms with Crippen molar-refractivity contribution in [1.82, 2.24) is 0 Å². The molecule has 8 heavy (non-hydrogen) atoms. The van der Waals surface area contributed by atoms with Crippen LogP contribution in [0.25, 0.3) is 0 Å². The maximum absolute atomic E-state index is 4.94. The van der Waals surface area contributed by atoms with E-state index in [4.69, 9.17) is 4.74 Å². The van der Waals surface area contributed by atoms with Gasteiger partial charge >= 0.3 is 0 Å². The molecule has 1 heterocycles. The lowest BCUT2D eigenvalue weighted by Gasteiger charge is -1.98. The van der Waals surface area contributed by atoms with Gasteiger partial charge < -0.3 is 9.57 Å². The molecule has 1 rings (SSSR count). The quantitative estimate of drug-likeness (QED) is 0.509. The van der Waals surface area contributed by atoms with Crippen LogP contribution in [-0.4, -0.2) is 12.7 Å². The molecule has 0 aromatic carbocycles. The molecule has 0 bridgehead atoms. The Balaban J connectivity index is 2.45. The van der Waals surface area contributed by atoms with Crippen LogP contribution in [0.2, 0.25) is 0 Å². The van der Waals surface area contributed by atoms with Crippen molar-refractivity contribution in [3.63, 3.8) is 0 Å². The van der Waals surface area contributed by atoms with Crippen molar-refractivity contribution in [2.75, 3.05) is 6.79 Å². The summed E-state index contributed by atoms with van der Waals surface area (Å²) in [5.74, 6) is 1.04. The molecular formula is C5H9NO2. The first kappa shape index (κ1) is 5.41. The second-order valence-corrected chi connectivity index (χ2v) is 1.98. The van der Waals surface area contributed by atoms with Gasteiger partial charge in [-0.15, -0.1) is 0 Å². The van der Waals surface area contributed by atoms with Crippen molar-refractivity contribution in [2.24, 2.45) is 11.1 Å². The fourth-order valence-corrected chi connectivity index (χ4v) is 0.475. The van der Waals surface area contributed by atoms with Crippen molar-refractivity contribution in [3.8, 4) is 0 Å². The minimum absolute atomic E-state index is 0.285. The number of hydrogen-bond acceptors (Lipinski definition) is 3. The van der Waals surface area contributed by atoms with E-state index in [1.165, 1.54) is 0 Å². The van der Waals surface area contributed by atoms with E-state index < -0.39 is 0 Å². The molecule has 0 amide bonds. The van der Waals surface area contributed by atoms with Gasteiger partial charge in [0.25, 0.3) is 6.79 Å². The van der Waals surface area contributed by atoms with Gasteiger partial charge in [-0.3, -0.25) is 0 Å². The summed E-state index contributed by atoms with van der Waals surface area (Å²) < 4.78 is 4.94. The molecule has 1 aliphatic rings. The number of hydrogen-bond donors (Lipinski definition) is 0. The molecule has 0 fully saturated rings. The first-order valence-electron chi connectivity index (χ1n) is 2.63. The predicted octanol–water partition coefficient (Wildman–Crippen LogP) is 0.960. The molecule has 0 atom stereocenters. The van der Waals surface area contributed by atoms with Crippen LogP contribution in [-0.2, 0) is 9.57 Å². The Hall–Kier alpha value is -0.730. The van der Waals surface area contributed by atoms with E-state index in [1.807, 2.05) is 13.8 Å². The summed E-state index contributed by atoms with van der Waals surface area (Å²) in [6.07, 6.45) is 0. The van der Waals surface area contributed by atoms with Crippen LogP contribution in [0.5, 0.6) is 0 Å². The molecule has 0 saturated heterocycles. The van der Waals surface area contributed by atoms with E-state index in [0.717, 1.165) is 0 Å². The summed E-state index contributed by atoms with van der Waals surface area (Å²) in [5.41, 5.74) is 0. The molecule has 0 saturated carbocycles. The SMILES string of the molecule is CC(C)C1=NOCO1. The number of nitrogens with zero attached hydrogens (tertiary/aromatic N) is 1. The van der Waals surface area contributed by atoms with E-state index in [1.54, 1.807) is 0 Å². The van der Waals surface area contributed by atoms with Crippen LogP contribution in [0.4, 0.5) is 0 Å². The number of ether oxygens (including phenoxy) is 1. The van der Waals surface area contributed by atoms with Gasteiger partial charge in [0.1, 0.15) is 0 Å². The third-order valence-electron chi connectivity index (χ3n) is 0.908. The Morgan fingerprint density at radius 3 is 2.62 bits per heavy atom. The second kappa shape index (κ2) is 2.03. The van der Waals surface area contributed by atoms with E-state index in [-0.39, 0.29) is 6.79 Å². The normalized spacial score (nSPS) is 17.6. The van der Waals surface area contributed by atoms with E-state index in [0.29, 0.717) is 11.8 Å². The number of rotatable bonds is 1. The summed E-state index contributed by atoms with van der Waals surface area (Å²) >= 11 is 0. The van der Waals surface area contributed by atoms with Gasteiger partial charge in [0.15, 0.2) is 0 Å². The van der Waals surface area contributed by atoms with E-state index in [2.05, 4.69) is 9.99 Å². The largest absolute Gasteiger partial charge is 0.439 e. The van der Waals surface area contributed by atoms with Gasteiger partial charge in [-0.05, 0) is 5.16 Å². The highest BCUT2D eigenvalue weighted by molar-refractivity contribution is 5.77. The standard InChI is InChI=1S/C5H9NO2/c1-4(2)5-6-8-3-7-5/h4H,3H2,1-2H3. The maximum Gasteiger partial charge on any atom is 0.257 e. The third-order valence-corrected chi connectivity index (χ3v) is 0.908. The average molecular weight is 115 g/mol. The lowest BCUT2D eigenvalue weighted by Crippen LogP contribution is -2.06. The monoisotopic (exact) mass is 115 g/mol. The van der Waals surface area contributed by atoms with Gasteiger partial charge in [0.05, 0.1) is 0 Å². The molecule has 0 aromatic heterocycles. The van der Waals surface area contributed by atoms with Crippen LogP contribution in [0, 0.1) is 5.92 Å². The summed E-state index contributed by atoms with van der Waals surface area (Å²) in [7, 11) is 0. The van der Waals surface area contributed by atoms with Crippen LogP contribution < -0.4 is 0 Å². The van der Waals surface area contributed by atoms with Crippen LogP contribution in [0.1, 0.15) is 13.8 Å². The van der Waals surface area contributed by atoms with Crippen molar-refractivity contribution >= 4 is 5.90 Å². The van der Waals surface area contributed by atoms with Gasteiger partial charge in [0.2, 0.25) is 5.90 Å². The smallest absolute Gasteiger partial charge is 0.257 e. The van der Waals surface area contributed by atoms with Crippen molar-refractivity contribution < 1.29 is 9.57 Å². The second-order valence-electron chi connectivity index (χ2n) is 1.98. The fourth-order valence-electron chi connectivity index (χ4n) is 0.475. The Morgan fingerprint density at radius 1 is 1.62 bits per heavy atom. The molecule has 0 radical (unpaired) electrons. The first-order chi connectivity index (χ1) is 3.80. The zero-order valence-electron chi connectivity index (χ0n) is 5.05. The Kier molecular flexibility index (Phi) is 1.37. The summed E-state index contributed by atoms with van der Waals surface area (Å²) in [4.78, 5) is 4.58. The van der Waals surface area contributed by atoms with Gasteiger partial charge in [0, 0.05) is 5.92 Å². The van der Waals surface area contributed by atoms with E-state index in [9.17, 15) is 0 Å². The number of oxime groups is 1. The minimum atomic E-state index is 0.285. The lowest BCUT2D eigenvalue weighted by molar-refractivity contribution is 0.0569. The van der Waals surface area contributed by atoms with Crippen LogP contribution in [0.15, 0.2) is 5.16 Å². The van der Waals surface area contributed by atoms with Gasteiger partial charge in [-0.2, -0.15) is 0 Å². The maximum atomic E-state index is 4.94. The zero-order valence-corrected chi connectivity index (χ0v) is 5.05. The summed E-state index contributed by atoms with van der Waals surface area (Å²) in [5, 5.41) is 3.63. The minimum Gasteiger partial charge on any atom is -0.439 e. The highest BCUT2D eigenvalue weighted by Gasteiger charge is 2.11. The summed E-state index contributed by atoms with van der Waals surface area (Å²) in [6, 6.07) is 0. The van der Waals surface area contributed by atoms with Gasteiger partial charge in [-0.25, -0.2) is 0 Å². The summed E-state index contributed by atoms with van der Waals surface area (Å²) in [6.45, 7) is 4.30. The zero-order chi connectivity index (χ0) is 5.98. The molecular weight excluding hydrogens is 106 g/mol. The lowest BCUT2D eigenvalue weighted by atomic mass is 10.2. The van der Waals surface area contributed by atoms with Crippen molar-refractivity contribution in [1.29, 1.82) is 0 Å². The fraction of sp³-hybridized carbons (Fsp3) is 0.800. The molecule has 0 aromatic rings. The van der Waals surface area contributed by atoms with E-state index >= 15 is 0 Å². The highest BCUT2D eigenvalue weighted by atomic mass is 16.8. The average Bonchev–Trinajstić information content (AvgIpc) is 2.12. The predicted molar refractivity (Wildman–Crippen MR) is 29.3 cm³/mol. The van der Waals surface area contributed by atoms with Crippen LogP contribution >= 0.6 is 0 Å².